The zero-order valence-corrected chi connectivity index (χ0v) is 11.5. The molecule has 0 aromatic carbocycles. The number of carbonyl (C=O) groups is 1. The van der Waals surface area contributed by atoms with Gasteiger partial charge < -0.3 is 9.64 Å². The minimum atomic E-state index is -0.0649. The summed E-state index contributed by atoms with van der Waals surface area (Å²) in [6.07, 6.45) is 5.83. The molecule has 0 saturated carbocycles. The summed E-state index contributed by atoms with van der Waals surface area (Å²) in [6.45, 7) is 3.48. The predicted octanol–water partition coefficient (Wildman–Crippen LogP) is 1.60. The number of ether oxygens (including phenoxy) is 1. The van der Waals surface area contributed by atoms with Crippen LogP contribution < -0.4 is 4.74 Å². The Hall–Kier alpha value is -1.62. The molecule has 5 heteroatoms. The molecule has 100 valence electrons. The van der Waals surface area contributed by atoms with Crippen LogP contribution >= 0.6 is 0 Å². The van der Waals surface area contributed by atoms with E-state index in [9.17, 15) is 4.79 Å². The maximum Gasteiger partial charge on any atom is 0.207 e. The largest absolute Gasteiger partial charge is 0.493 e. The van der Waals surface area contributed by atoms with E-state index in [1.54, 1.807) is 24.1 Å². The van der Waals surface area contributed by atoms with E-state index in [0.717, 1.165) is 13.0 Å². The van der Waals surface area contributed by atoms with Crippen molar-refractivity contribution in [3.05, 3.63) is 24.0 Å². The molecule has 0 saturated heterocycles. The summed E-state index contributed by atoms with van der Waals surface area (Å²) in [4.78, 5) is 14.1. The summed E-state index contributed by atoms with van der Waals surface area (Å²) in [6, 6.07) is 0. The van der Waals surface area contributed by atoms with Gasteiger partial charge in [0.25, 0.3) is 0 Å². The van der Waals surface area contributed by atoms with Crippen LogP contribution in [0.4, 0.5) is 0 Å². The molecule has 18 heavy (non-hydrogen) atoms. The zero-order chi connectivity index (χ0) is 13.5. The van der Waals surface area contributed by atoms with Crippen molar-refractivity contribution in [2.24, 2.45) is 0 Å². The van der Waals surface area contributed by atoms with Crippen LogP contribution in [0, 0.1) is 0 Å². The van der Waals surface area contributed by atoms with Gasteiger partial charge in [0.05, 0.1) is 19.9 Å². The highest BCUT2D eigenvalue weighted by Gasteiger charge is 2.17. The highest BCUT2D eigenvalue weighted by Crippen LogP contribution is 2.18. The van der Waals surface area contributed by atoms with E-state index >= 15 is 0 Å². The van der Waals surface area contributed by atoms with E-state index in [1.807, 2.05) is 32.0 Å². The van der Waals surface area contributed by atoms with Gasteiger partial charge in [-0.1, -0.05) is 13.0 Å². The molecule has 0 spiro atoms. The molecule has 0 radical (unpaired) electrons. The first-order valence-electron chi connectivity index (χ1n) is 6.05. The second-order valence-electron chi connectivity index (χ2n) is 4.26. The van der Waals surface area contributed by atoms with Gasteiger partial charge in [-0.25, -0.2) is 0 Å². The molecule has 1 heterocycles. The number of hydrogen-bond donors (Lipinski definition) is 0. The third-order valence-electron chi connectivity index (χ3n) is 2.52. The van der Waals surface area contributed by atoms with Crippen LogP contribution in [0.2, 0.25) is 0 Å². The molecular weight excluding hydrogens is 230 g/mol. The molecule has 5 nitrogen and oxygen atoms in total. The molecule has 0 aliphatic heterocycles. The minimum Gasteiger partial charge on any atom is -0.493 e. The lowest BCUT2D eigenvalue weighted by Crippen LogP contribution is -2.21. The first-order valence-corrected chi connectivity index (χ1v) is 6.05. The third kappa shape index (κ3) is 3.70. The van der Waals surface area contributed by atoms with Crippen molar-refractivity contribution < 1.29 is 9.53 Å². The Bertz CT molecular complexity index is 422. The molecule has 0 bridgehead atoms. The van der Waals surface area contributed by atoms with Crippen molar-refractivity contribution in [2.75, 3.05) is 27.7 Å². The van der Waals surface area contributed by atoms with Gasteiger partial charge in [-0.15, -0.1) is 0 Å². The number of likely N-dealkylation sites (N-methyl/N-ethyl adjacent to an activating group) is 1. The second kappa shape index (κ2) is 6.96. The van der Waals surface area contributed by atoms with Gasteiger partial charge >= 0.3 is 0 Å². The first-order chi connectivity index (χ1) is 8.60. The molecule has 0 N–H and O–H groups in total. The Kier molecular flexibility index (Phi) is 5.58. The lowest BCUT2D eigenvalue weighted by Gasteiger charge is -2.11. The number of aromatic nitrogens is 2. The van der Waals surface area contributed by atoms with Gasteiger partial charge in [0.15, 0.2) is 11.4 Å². The van der Waals surface area contributed by atoms with Crippen LogP contribution in [-0.2, 0) is 6.54 Å². The smallest absolute Gasteiger partial charge is 0.207 e. The highest BCUT2D eigenvalue weighted by atomic mass is 16.5. The Labute approximate surface area is 108 Å². The summed E-state index contributed by atoms with van der Waals surface area (Å²) in [5, 5.41) is 4.20. The summed E-state index contributed by atoms with van der Waals surface area (Å²) < 4.78 is 6.88. The zero-order valence-electron chi connectivity index (χ0n) is 11.5. The van der Waals surface area contributed by atoms with Crippen LogP contribution in [0.3, 0.4) is 0 Å². The quantitative estimate of drug-likeness (QED) is 0.545. The summed E-state index contributed by atoms with van der Waals surface area (Å²) in [5.74, 6) is 0.462. The highest BCUT2D eigenvalue weighted by molar-refractivity contribution is 6.05. The van der Waals surface area contributed by atoms with E-state index in [1.165, 1.54) is 0 Å². The summed E-state index contributed by atoms with van der Waals surface area (Å²) in [5.41, 5.74) is 0.518. The summed E-state index contributed by atoms with van der Waals surface area (Å²) in [7, 11) is 5.52. The number of methoxy groups -OCH3 is 1. The van der Waals surface area contributed by atoms with Gasteiger partial charge in [-0.2, -0.15) is 5.10 Å². The van der Waals surface area contributed by atoms with Crippen molar-refractivity contribution in [1.29, 1.82) is 0 Å². The van der Waals surface area contributed by atoms with Crippen LogP contribution in [0.25, 0.3) is 0 Å². The van der Waals surface area contributed by atoms with Crippen molar-refractivity contribution in [2.45, 2.75) is 19.9 Å². The molecule has 0 atom stereocenters. The molecule has 0 fully saturated rings. The van der Waals surface area contributed by atoms with Crippen LogP contribution in [0.1, 0.15) is 23.8 Å². The SMILES string of the molecule is CC/C=C/C(=O)c1c(OC)cnn1CCN(C)C. The van der Waals surface area contributed by atoms with Crippen molar-refractivity contribution in [1.82, 2.24) is 14.7 Å². The average Bonchev–Trinajstić information content (AvgIpc) is 2.76. The van der Waals surface area contributed by atoms with Gasteiger partial charge in [-0.3, -0.25) is 9.48 Å². The maximum atomic E-state index is 12.1. The molecule has 0 aliphatic rings. The predicted molar refractivity (Wildman–Crippen MR) is 71.1 cm³/mol. The first kappa shape index (κ1) is 14.4. The van der Waals surface area contributed by atoms with E-state index in [0.29, 0.717) is 18.0 Å². The van der Waals surface area contributed by atoms with Crippen LogP contribution in [-0.4, -0.2) is 48.2 Å². The number of carbonyl (C=O) groups excluding carboxylic acids is 1. The monoisotopic (exact) mass is 251 g/mol. The minimum absolute atomic E-state index is 0.0649. The van der Waals surface area contributed by atoms with Crippen molar-refractivity contribution in [3.63, 3.8) is 0 Å². The molecule has 0 unspecified atom stereocenters. The summed E-state index contributed by atoms with van der Waals surface area (Å²) >= 11 is 0. The van der Waals surface area contributed by atoms with E-state index in [2.05, 4.69) is 5.10 Å². The van der Waals surface area contributed by atoms with E-state index in [4.69, 9.17) is 4.74 Å². The van der Waals surface area contributed by atoms with Gasteiger partial charge in [-0.05, 0) is 26.6 Å². The fraction of sp³-hybridized carbons (Fsp3) is 0.538. The standard InChI is InChI=1S/C13H21N3O2/c1-5-6-7-11(17)13-12(18-4)10-14-16(13)9-8-15(2)3/h6-7,10H,5,8-9H2,1-4H3/b7-6+. The molecule has 0 amide bonds. The Morgan fingerprint density at radius 1 is 1.56 bits per heavy atom. The van der Waals surface area contributed by atoms with Crippen molar-refractivity contribution in [3.8, 4) is 5.75 Å². The molecule has 1 aromatic heterocycles. The number of hydrogen-bond acceptors (Lipinski definition) is 4. The average molecular weight is 251 g/mol. The Balaban J connectivity index is 2.94. The lowest BCUT2D eigenvalue weighted by molar-refractivity contribution is 0.103. The van der Waals surface area contributed by atoms with E-state index < -0.39 is 0 Å². The second-order valence-corrected chi connectivity index (χ2v) is 4.26. The third-order valence-corrected chi connectivity index (χ3v) is 2.52. The Morgan fingerprint density at radius 2 is 2.28 bits per heavy atom. The molecule has 1 rings (SSSR count). The number of ketones is 1. The van der Waals surface area contributed by atoms with Gasteiger partial charge in [0.2, 0.25) is 5.78 Å². The molecular formula is C13H21N3O2. The normalized spacial score (nSPS) is 11.4. The number of nitrogens with zero attached hydrogens (tertiary/aromatic N) is 3. The van der Waals surface area contributed by atoms with Crippen LogP contribution in [0.5, 0.6) is 5.75 Å². The van der Waals surface area contributed by atoms with Gasteiger partial charge in [0.1, 0.15) is 0 Å². The number of rotatable bonds is 7. The topological polar surface area (TPSA) is 47.4 Å². The van der Waals surface area contributed by atoms with E-state index in [-0.39, 0.29) is 5.78 Å². The Morgan fingerprint density at radius 3 is 2.83 bits per heavy atom. The fourth-order valence-electron chi connectivity index (χ4n) is 1.53. The van der Waals surface area contributed by atoms with Crippen molar-refractivity contribution >= 4 is 5.78 Å². The fourth-order valence-corrected chi connectivity index (χ4v) is 1.53. The maximum absolute atomic E-state index is 12.1. The molecule has 0 aliphatic carbocycles. The number of allylic oxidation sites excluding steroid dienone is 2. The molecule has 1 aromatic rings. The van der Waals surface area contributed by atoms with Gasteiger partial charge in [0, 0.05) is 6.54 Å². The van der Waals surface area contributed by atoms with Crippen LogP contribution in [0.15, 0.2) is 18.3 Å². The lowest BCUT2D eigenvalue weighted by atomic mass is 10.2.